The Morgan fingerprint density at radius 3 is 2.38 bits per heavy atom. The summed E-state index contributed by atoms with van der Waals surface area (Å²) in [6.45, 7) is 7.37. The van der Waals surface area contributed by atoms with Gasteiger partial charge in [-0.1, -0.05) is 29.3 Å². The van der Waals surface area contributed by atoms with Gasteiger partial charge in [0.05, 0.1) is 26.0 Å². The summed E-state index contributed by atoms with van der Waals surface area (Å²) in [5, 5.41) is 5.53. The zero-order valence-electron chi connectivity index (χ0n) is 21.8. The van der Waals surface area contributed by atoms with Gasteiger partial charge < -0.3 is 24.0 Å². The Bertz CT molecular complexity index is 1300. The lowest BCUT2D eigenvalue weighted by Gasteiger charge is -2.27. The number of halogens is 2. The number of nitrogens with one attached hydrogen (secondary N) is 1. The number of hydrazone groups is 1. The van der Waals surface area contributed by atoms with Crippen LogP contribution < -0.4 is 24.7 Å². The smallest absolute Gasteiger partial charge is 0.250 e. The molecule has 0 radical (unpaired) electrons. The van der Waals surface area contributed by atoms with E-state index in [0.29, 0.717) is 59.2 Å². The van der Waals surface area contributed by atoms with Crippen molar-refractivity contribution in [2.24, 2.45) is 5.10 Å². The van der Waals surface area contributed by atoms with Gasteiger partial charge in [-0.25, -0.2) is 5.43 Å². The molecule has 0 spiro atoms. The van der Waals surface area contributed by atoms with Crippen LogP contribution in [0, 0.1) is 0 Å². The van der Waals surface area contributed by atoms with Gasteiger partial charge in [0, 0.05) is 41.8 Å². The normalized spacial score (nSPS) is 15.7. The molecule has 12 heteroatoms. The average molecular weight is 572 g/mol. The van der Waals surface area contributed by atoms with Gasteiger partial charge in [0.25, 0.3) is 0 Å². The van der Waals surface area contributed by atoms with Gasteiger partial charge in [-0.3, -0.25) is 0 Å². The van der Waals surface area contributed by atoms with E-state index < -0.39 is 0 Å². The molecule has 2 fully saturated rings. The molecule has 0 aliphatic carbocycles. The molecule has 0 amide bonds. The van der Waals surface area contributed by atoms with E-state index in [9.17, 15) is 0 Å². The number of anilines is 3. The van der Waals surface area contributed by atoms with E-state index in [1.165, 1.54) is 0 Å². The molecule has 0 unspecified atom stereocenters. The molecule has 39 heavy (non-hydrogen) atoms. The van der Waals surface area contributed by atoms with Gasteiger partial charge in [0.2, 0.25) is 17.8 Å². The quantitative estimate of drug-likeness (QED) is 0.265. The Morgan fingerprint density at radius 1 is 0.923 bits per heavy atom. The van der Waals surface area contributed by atoms with E-state index in [0.717, 1.165) is 50.1 Å². The molecular weight excluding hydrogens is 541 g/mol. The first-order valence-corrected chi connectivity index (χ1v) is 13.8. The predicted octanol–water partition coefficient (Wildman–Crippen LogP) is 5.04. The summed E-state index contributed by atoms with van der Waals surface area (Å²) in [6, 6.07) is 10.9. The largest absolute Gasteiger partial charge is 0.490 e. The molecule has 2 aliphatic rings. The van der Waals surface area contributed by atoms with Crippen molar-refractivity contribution in [3.63, 3.8) is 0 Å². The van der Waals surface area contributed by atoms with Gasteiger partial charge in [-0.15, -0.1) is 0 Å². The van der Waals surface area contributed by atoms with E-state index in [4.69, 9.17) is 42.4 Å². The van der Waals surface area contributed by atoms with E-state index in [1.54, 1.807) is 18.3 Å². The summed E-state index contributed by atoms with van der Waals surface area (Å²) >= 11 is 12.3. The van der Waals surface area contributed by atoms with Crippen LogP contribution in [0.3, 0.4) is 0 Å². The molecule has 206 valence electrons. The lowest BCUT2D eigenvalue weighted by molar-refractivity contribution is 0.122. The fourth-order valence-electron chi connectivity index (χ4n) is 4.32. The van der Waals surface area contributed by atoms with Crippen LogP contribution in [0.15, 0.2) is 41.5 Å². The fourth-order valence-corrected chi connectivity index (χ4v) is 4.78. The molecule has 10 nitrogen and oxygen atoms in total. The topological polar surface area (TPSA) is 97.2 Å². The molecular formula is C27H31Cl2N7O3. The molecule has 5 rings (SSSR count). The molecule has 1 N–H and O–H groups in total. The molecule has 0 atom stereocenters. The van der Waals surface area contributed by atoms with Crippen LogP contribution in [0.1, 0.15) is 30.9 Å². The number of nitrogens with zero attached hydrogens (tertiary/aromatic N) is 6. The molecule has 2 aliphatic heterocycles. The highest BCUT2D eigenvalue weighted by Gasteiger charge is 2.21. The van der Waals surface area contributed by atoms with Crippen LogP contribution in [0.25, 0.3) is 0 Å². The van der Waals surface area contributed by atoms with Gasteiger partial charge >= 0.3 is 0 Å². The molecule has 0 bridgehead atoms. The zero-order chi connectivity index (χ0) is 27.0. The zero-order valence-corrected chi connectivity index (χ0v) is 23.3. The number of hydrogen-bond donors (Lipinski definition) is 1. The maximum atomic E-state index is 6.29. The summed E-state index contributed by atoms with van der Waals surface area (Å²) in [5.41, 5.74) is 4.64. The number of morpholine rings is 1. The van der Waals surface area contributed by atoms with Gasteiger partial charge in [-0.05, 0) is 55.7 Å². The maximum Gasteiger partial charge on any atom is 0.250 e. The summed E-state index contributed by atoms with van der Waals surface area (Å²) in [7, 11) is 0. The Kier molecular flexibility index (Phi) is 9.18. The third-order valence-electron chi connectivity index (χ3n) is 6.34. The predicted molar refractivity (Wildman–Crippen MR) is 154 cm³/mol. The van der Waals surface area contributed by atoms with E-state index in [2.05, 4.69) is 30.3 Å². The molecule has 0 saturated carbocycles. The molecule has 1 aromatic heterocycles. The number of benzene rings is 2. The standard InChI is InChI=1S/C27H31Cl2N7O3/c1-2-38-24-15-19(5-8-23(24)39-18-20-6-7-21(28)16-22(20)29)17-30-34-25-31-26(35-9-3-4-10-35)33-27(32-25)36-11-13-37-14-12-36/h5-8,15-17H,2-4,9-14,18H2,1H3,(H,31,32,33,34)/b30-17-. The Morgan fingerprint density at radius 2 is 1.67 bits per heavy atom. The first kappa shape index (κ1) is 27.2. The summed E-state index contributed by atoms with van der Waals surface area (Å²) in [4.78, 5) is 18.3. The molecule has 2 aromatic carbocycles. The second-order valence-electron chi connectivity index (χ2n) is 9.09. The number of ether oxygens (including phenoxy) is 3. The van der Waals surface area contributed by atoms with E-state index in [1.807, 2.05) is 31.2 Å². The minimum absolute atomic E-state index is 0.287. The first-order chi connectivity index (χ1) is 19.1. The second-order valence-corrected chi connectivity index (χ2v) is 9.93. The molecule has 2 saturated heterocycles. The van der Waals surface area contributed by atoms with Crippen LogP contribution in [0.2, 0.25) is 10.0 Å². The monoisotopic (exact) mass is 571 g/mol. The minimum atomic E-state index is 0.287. The van der Waals surface area contributed by atoms with Crippen molar-refractivity contribution in [2.45, 2.75) is 26.4 Å². The lowest BCUT2D eigenvalue weighted by Crippen LogP contribution is -2.38. The maximum absolute atomic E-state index is 6.29. The van der Waals surface area contributed by atoms with E-state index in [-0.39, 0.29) is 6.61 Å². The van der Waals surface area contributed by atoms with E-state index >= 15 is 0 Å². The fraction of sp³-hybridized carbons (Fsp3) is 0.407. The summed E-state index contributed by atoms with van der Waals surface area (Å²) in [6.07, 6.45) is 3.96. The average Bonchev–Trinajstić information content (AvgIpc) is 3.49. The van der Waals surface area contributed by atoms with Gasteiger partial charge in [0.1, 0.15) is 6.61 Å². The van der Waals surface area contributed by atoms with Crippen molar-refractivity contribution in [2.75, 3.05) is 61.2 Å². The third-order valence-corrected chi connectivity index (χ3v) is 6.93. The van der Waals surface area contributed by atoms with Crippen molar-refractivity contribution < 1.29 is 14.2 Å². The Balaban J connectivity index is 1.29. The van der Waals surface area contributed by atoms with Crippen molar-refractivity contribution in [1.82, 2.24) is 15.0 Å². The Labute approximate surface area is 237 Å². The second kappa shape index (κ2) is 13.1. The highest BCUT2D eigenvalue weighted by molar-refractivity contribution is 6.35. The van der Waals surface area contributed by atoms with Crippen molar-refractivity contribution >= 4 is 47.3 Å². The summed E-state index contributed by atoms with van der Waals surface area (Å²) in [5.74, 6) is 2.92. The third kappa shape index (κ3) is 7.20. The molecule has 3 aromatic rings. The van der Waals surface area contributed by atoms with Crippen LogP contribution in [-0.2, 0) is 11.3 Å². The lowest BCUT2D eigenvalue weighted by atomic mass is 10.2. The number of rotatable bonds is 10. The minimum Gasteiger partial charge on any atom is -0.490 e. The first-order valence-electron chi connectivity index (χ1n) is 13.1. The van der Waals surface area contributed by atoms with Crippen molar-refractivity contribution in [1.29, 1.82) is 0 Å². The van der Waals surface area contributed by atoms with Crippen molar-refractivity contribution in [3.05, 3.63) is 57.6 Å². The highest BCUT2D eigenvalue weighted by atomic mass is 35.5. The summed E-state index contributed by atoms with van der Waals surface area (Å²) < 4.78 is 17.3. The van der Waals surface area contributed by atoms with Gasteiger partial charge in [0.15, 0.2) is 11.5 Å². The van der Waals surface area contributed by atoms with Crippen LogP contribution in [0.4, 0.5) is 17.8 Å². The van der Waals surface area contributed by atoms with Crippen LogP contribution in [0.5, 0.6) is 11.5 Å². The molecule has 3 heterocycles. The highest BCUT2D eigenvalue weighted by Crippen LogP contribution is 2.30. The number of hydrogen-bond acceptors (Lipinski definition) is 10. The SMILES string of the molecule is CCOc1cc(/C=N\Nc2nc(N3CCCC3)nc(N3CCOCC3)n2)ccc1OCc1ccc(Cl)cc1Cl. The Hall–Kier alpha value is -3.34. The van der Waals surface area contributed by atoms with Crippen molar-refractivity contribution in [3.8, 4) is 11.5 Å². The van der Waals surface area contributed by atoms with Crippen LogP contribution >= 0.6 is 23.2 Å². The van der Waals surface area contributed by atoms with Gasteiger partial charge in [-0.2, -0.15) is 20.1 Å². The van der Waals surface area contributed by atoms with Crippen LogP contribution in [-0.4, -0.2) is 67.2 Å². The number of aromatic nitrogens is 3.